The number of hydrogen-bond donors (Lipinski definition) is 2. The van der Waals surface area contributed by atoms with Crippen LogP contribution in [-0.2, 0) is 0 Å². The van der Waals surface area contributed by atoms with Crippen LogP contribution in [0.25, 0.3) is 0 Å². The zero-order valence-corrected chi connectivity index (χ0v) is 12.2. The van der Waals surface area contributed by atoms with Crippen LogP contribution in [0.15, 0.2) is 30.7 Å². The first-order valence-electron chi connectivity index (χ1n) is 7.37. The molecule has 4 nitrogen and oxygen atoms in total. The van der Waals surface area contributed by atoms with E-state index in [9.17, 15) is 0 Å². The molecule has 20 heavy (non-hydrogen) atoms. The van der Waals surface area contributed by atoms with E-state index in [2.05, 4.69) is 11.9 Å². The van der Waals surface area contributed by atoms with E-state index < -0.39 is 7.12 Å². The first-order chi connectivity index (χ1) is 9.74. The summed E-state index contributed by atoms with van der Waals surface area (Å²) in [6, 6.07) is 3.19. The van der Waals surface area contributed by atoms with Gasteiger partial charge in [-0.1, -0.05) is 45.1 Å². The smallest absolute Gasteiger partial charge is 0.447 e. The van der Waals surface area contributed by atoms with E-state index in [1.54, 1.807) is 18.4 Å². The molecule has 0 amide bonds. The largest absolute Gasteiger partial charge is 0.490 e. The Balaban J connectivity index is 2.11. The summed E-state index contributed by atoms with van der Waals surface area (Å²) < 4.78 is 5.33. The topological polar surface area (TPSA) is 62.6 Å². The second-order valence-corrected chi connectivity index (χ2v) is 4.85. The quantitative estimate of drug-likeness (QED) is 0.391. The number of ether oxygens (including phenoxy) is 1. The molecule has 0 unspecified atom stereocenters. The highest BCUT2D eigenvalue weighted by molar-refractivity contribution is 6.58. The minimum atomic E-state index is -1.49. The molecule has 0 radical (unpaired) electrons. The van der Waals surface area contributed by atoms with Crippen molar-refractivity contribution < 1.29 is 14.8 Å². The van der Waals surface area contributed by atoms with E-state index in [-0.39, 0.29) is 0 Å². The molecular formula is C15H24BNO3. The van der Waals surface area contributed by atoms with Crippen LogP contribution in [0.5, 0.6) is 5.88 Å². The van der Waals surface area contributed by atoms with Crippen LogP contribution in [0.4, 0.5) is 0 Å². The molecule has 5 heteroatoms. The molecule has 1 aromatic rings. The van der Waals surface area contributed by atoms with Crippen molar-refractivity contribution in [3.8, 4) is 5.88 Å². The maximum absolute atomic E-state index is 8.93. The predicted molar refractivity (Wildman–Crippen MR) is 81.8 cm³/mol. The van der Waals surface area contributed by atoms with Gasteiger partial charge in [-0.3, -0.25) is 0 Å². The van der Waals surface area contributed by atoms with Crippen LogP contribution < -0.4 is 10.2 Å². The average molecular weight is 277 g/mol. The van der Waals surface area contributed by atoms with Gasteiger partial charge in [-0.05, 0) is 18.9 Å². The Hall–Kier alpha value is -1.33. The third kappa shape index (κ3) is 7.31. The Kier molecular flexibility index (Phi) is 8.75. The number of aromatic nitrogens is 1. The SMILES string of the molecule is CCCCCCCC/C=C/Oc1ccc(B(O)O)cn1. The summed E-state index contributed by atoms with van der Waals surface area (Å²) in [6.45, 7) is 2.22. The molecule has 110 valence electrons. The monoisotopic (exact) mass is 277 g/mol. The van der Waals surface area contributed by atoms with Gasteiger partial charge >= 0.3 is 7.12 Å². The van der Waals surface area contributed by atoms with Gasteiger partial charge in [-0.2, -0.15) is 0 Å². The standard InChI is InChI=1S/C15H24BNO3/c1-2-3-4-5-6-7-8-9-12-20-15-11-10-14(13-17-15)16(18)19/h9-13,18-19H,2-8H2,1H3/b12-9+. The number of rotatable bonds is 10. The summed E-state index contributed by atoms with van der Waals surface area (Å²) in [6.07, 6.45) is 13.8. The maximum atomic E-state index is 8.93. The lowest BCUT2D eigenvalue weighted by atomic mass is 9.82. The van der Waals surface area contributed by atoms with Crippen molar-refractivity contribution in [2.75, 3.05) is 0 Å². The molecule has 0 aliphatic rings. The third-order valence-electron chi connectivity index (χ3n) is 3.07. The van der Waals surface area contributed by atoms with Gasteiger partial charge in [0.15, 0.2) is 0 Å². The fraction of sp³-hybridized carbons (Fsp3) is 0.533. The van der Waals surface area contributed by atoms with Crippen molar-refractivity contribution in [2.45, 2.75) is 51.9 Å². The zero-order chi connectivity index (χ0) is 14.6. The summed E-state index contributed by atoms with van der Waals surface area (Å²) >= 11 is 0. The zero-order valence-electron chi connectivity index (χ0n) is 12.2. The van der Waals surface area contributed by atoms with Gasteiger partial charge in [0.1, 0.15) is 0 Å². The third-order valence-corrected chi connectivity index (χ3v) is 3.07. The summed E-state index contributed by atoms with van der Waals surface area (Å²) in [7, 11) is -1.49. The first-order valence-corrected chi connectivity index (χ1v) is 7.37. The molecule has 0 bridgehead atoms. The van der Waals surface area contributed by atoms with Gasteiger partial charge in [-0.25, -0.2) is 4.98 Å². The van der Waals surface area contributed by atoms with Gasteiger partial charge in [0, 0.05) is 17.7 Å². The highest BCUT2D eigenvalue weighted by Gasteiger charge is 2.10. The molecule has 0 saturated heterocycles. The lowest BCUT2D eigenvalue weighted by Crippen LogP contribution is -2.29. The molecule has 0 aliphatic heterocycles. The predicted octanol–water partition coefficient (Wildman–Crippen LogP) is 2.40. The number of nitrogens with zero attached hydrogens (tertiary/aromatic N) is 1. The van der Waals surface area contributed by atoms with Gasteiger partial charge < -0.3 is 14.8 Å². The molecule has 0 saturated carbocycles. The van der Waals surface area contributed by atoms with Gasteiger partial charge in [0.2, 0.25) is 5.88 Å². The van der Waals surface area contributed by atoms with Crippen LogP contribution in [0.2, 0.25) is 0 Å². The Morgan fingerprint density at radius 3 is 2.55 bits per heavy atom. The molecule has 0 spiro atoms. The highest BCUT2D eigenvalue weighted by atomic mass is 16.5. The second kappa shape index (κ2) is 10.5. The maximum Gasteiger partial charge on any atom is 0.490 e. The van der Waals surface area contributed by atoms with E-state index in [0.29, 0.717) is 11.3 Å². The van der Waals surface area contributed by atoms with E-state index in [1.807, 2.05) is 6.08 Å². The molecule has 0 atom stereocenters. The Morgan fingerprint density at radius 1 is 1.15 bits per heavy atom. The van der Waals surface area contributed by atoms with E-state index in [1.165, 1.54) is 44.7 Å². The van der Waals surface area contributed by atoms with Crippen molar-refractivity contribution in [3.63, 3.8) is 0 Å². The Bertz CT molecular complexity index is 379. The van der Waals surface area contributed by atoms with Crippen molar-refractivity contribution in [1.82, 2.24) is 4.98 Å². The number of pyridine rings is 1. The van der Waals surface area contributed by atoms with Gasteiger partial charge in [0.25, 0.3) is 0 Å². The van der Waals surface area contributed by atoms with Gasteiger partial charge in [0.05, 0.1) is 6.26 Å². The fourth-order valence-electron chi connectivity index (χ4n) is 1.84. The molecular weight excluding hydrogens is 253 g/mol. The Morgan fingerprint density at radius 2 is 1.90 bits per heavy atom. The molecule has 2 N–H and O–H groups in total. The van der Waals surface area contributed by atoms with Crippen molar-refractivity contribution in [2.24, 2.45) is 0 Å². The summed E-state index contributed by atoms with van der Waals surface area (Å²) in [5.41, 5.74) is 0.355. The normalized spacial score (nSPS) is 10.9. The lowest BCUT2D eigenvalue weighted by Gasteiger charge is -2.01. The van der Waals surface area contributed by atoms with E-state index >= 15 is 0 Å². The minimum Gasteiger partial charge on any atom is -0.447 e. The van der Waals surface area contributed by atoms with Crippen LogP contribution >= 0.6 is 0 Å². The van der Waals surface area contributed by atoms with Crippen molar-refractivity contribution >= 4 is 12.6 Å². The lowest BCUT2D eigenvalue weighted by molar-refractivity contribution is 0.425. The number of hydrogen-bond acceptors (Lipinski definition) is 4. The van der Waals surface area contributed by atoms with E-state index in [4.69, 9.17) is 14.8 Å². The number of allylic oxidation sites excluding steroid dienone is 1. The van der Waals surface area contributed by atoms with Gasteiger partial charge in [-0.15, -0.1) is 0 Å². The van der Waals surface area contributed by atoms with Crippen molar-refractivity contribution in [1.29, 1.82) is 0 Å². The van der Waals surface area contributed by atoms with E-state index in [0.717, 1.165) is 6.42 Å². The van der Waals surface area contributed by atoms with Crippen molar-refractivity contribution in [3.05, 3.63) is 30.7 Å². The minimum absolute atomic E-state index is 0.355. The molecule has 0 fully saturated rings. The van der Waals surface area contributed by atoms with Crippen LogP contribution in [0.3, 0.4) is 0 Å². The van der Waals surface area contributed by atoms with Crippen LogP contribution in [-0.4, -0.2) is 22.2 Å². The summed E-state index contributed by atoms with van der Waals surface area (Å²) in [5, 5.41) is 17.9. The highest BCUT2D eigenvalue weighted by Crippen LogP contribution is 2.08. The first kappa shape index (κ1) is 16.7. The van der Waals surface area contributed by atoms with Crippen LogP contribution in [0.1, 0.15) is 51.9 Å². The molecule has 0 aliphatic carbocycles. The average Bonchev–Trinajstić information content (AvgIpc) is 2.46. The fourth-order valence-corrected chi connectivity index (χ4v) is 1.84. The molecule has 1 rings (SSSR count). The van der Waals surface area contributed by atoms with Crippen LogP contribution in [0, 0.1) is 0 Å². The summed E-state index contributed by atoms with van der Waals surface area (Å²) in [5.74, 6) is 0.452. The molecule has 1 heterocycles. The molecule has 0 aromatic carbocycles. The second-order valence-electron chi connectivity index (χ2n) is 4.85. The Labute approximate surface area is 121 Å². The molecule has 1 aromatic heterocycles. The number of unbranched alkanes of at least 4 members (excludes halogenated alkanes) is 6. The summed E-state index contributed by atoms with van der Waals surface area (Å²) in [4.78, 5) is 3.97.